The molecule has 1 saturated heterocycles. The van der Waals surface area contributed by atoms with Crippen molar-refractivity contribution in [2.45, 2.75) is 50.0 Å². The molecule has 9 heteroatoms. The second-order valence-electron chi connectivity index (χ2n) is 8.71. The summed E-state index contributed by atoms with van der Waals surface area (Å²) in [5.41, 5.74) is 4.47. The second kappa shape index (κ2) is 8.69. The highest BCUT2D eigenvalue weighted by molar-refractivity contribution is 7.90. The van der Waals surface area contributed by atoms with Gasteiger partial charge in [-0.05, 0) is 63.0 Å². The van der Waals surface area contributed by atoms with Gasteiger partial charge >= 0.3 is 0 Å². The van der Waals surface area contributed by atoms with Crippen molar-refractivity contribution in [3.63, 3.8) is 0 Å². The summed E-state index contributed by atoms with van der Waals surface area (Å²) < 4.78 is 36.0. The van der Waals surface area contributed by atoms with Crippen LogP contribution in [0.25, 0.3) is 11.3 Å². The van der Waals surface area contributed by atoms with Gasteiger partial charge in [-0.3, -0.25) is 0 Å². The van der Waals surface area contributed by atoms with Gasteiger partial charge in [-0.15, -0.1) is 0 Å². The van der Waals surface area contributed by atoms with Crippen LogP contribution in [0.5, 0.6) is 5.75 Å². The van der Waals surface area contributed by atoms with Gasteiger partial charge in [0.2, 0.25) is 5.95 Å². The van der Waals surface area contributed by atoms with Crippen LogP contribution in [0.2, 0.25) is 0 Å². The van der Waals surface area contributed by atoms with Crippen LogP contribution in [0, 0.1) is 11.3 Å². The molecule has 34 heavy (non-hydrogen) atoms. The van der Waals surface area contributed by atoms with E-state index in [-0.39, 0.29) is 17.1 Å². The lowest BCUT2D eigenvalue weighted by Gasteiger charge is -2.39. The molecule has 0 saturated carbocycles. The number of allylic oxidation sites excluding steroid dienone is 4. The zero-order valence-electron chi connectivity index (χ0n) is 19.2. The molecular weight excluding hydrogens is 450 g/mol. The molecule has 5 rings (SSSR count). The third kappa shape index (κ3) is 3.99. The van der Waals surface area contributed by atoms with Crippen molar-refractivity contribution in [2.24, 2.45) is 4.40 Å². The number of methoxy groups -OCH3 is 1. The lowest BCUT2D eigenvalue weighted by molar-refractivity contribution is 0.403. The Bertz CT molecular complexity index is 1400. The summed E-state index contributed by atoms with van der Waals surface area (Å²) in [6.45, 7) is 3.08. The predicted octanol–water partition coefficient (Wildman–Crippen LogP) is 3.78. The van der Waals surface area contributed by atoms with Crippen molar-refractivity contribution in [1.82, 2.24) is 9.97 Å². The molecule has 0 spiro atoms. The largest absolute Gasteiger partial charge is 0.495 e. The number of sulfonamides is 1. The Morgan fingerprint density at radius 2 is 2.09 bits per heavy atom. The van der Waals surface area contributed by atoms with Crippen LogP contribution in [-0.2, 0) is 22.9 Å². The van der Waals surface area contributed by atoms with E-state index in [1.165, 1.54) is 7.11 Å². The summed E-state index contributed by atoms with van der Waals surface area (Å²) in [4.78, 5) is 11.9. The summed E-state index contributed by atoms with van der Waals surface area (Å²) in [6, 6.07) is 7.54. The number of hydrogen-bond acceptors (Lipinski definition) is 7. The molecule has 174 valence electrons. The van der Waals surface area contributed by atoms with E-state index < -0.39 is 10.0 Å². The Morgan fingerprint density at radius 3 is 2.74 bits per heavy atom. The molecule has 0 unspecified atom stereocenters. The zero-order valence-corrected chi connectivity index (χ0v) is 20.0. The van der Waals surface area contributed by atoms with E-state index in [1.807, 2.05) is 12.1 Å². The molecule has 3 aliphatic rings. The average Bonchev–Trinajstić information content (AvgIpc) is 3.31. The van der Waals surface area contributed by atoms with E-state index in [0.29, 0.717) is 28.8 Å². The normalized spacial score (nSPS) is 20.5. The van der Waals surface area contributed by atoms with E-state index in [1.54, 1.807) is 30.4 Å². The van der Waals surface area contributed by atoms with Crippen LogP contribution in [0.1, 0.15) is 37.4 Å². The molecule has 2 aliphatic carbocycles. The van der Waals surface area contributed by atoms with Crippen molar-refractivity contribution >= 4 is 21.7 Å². The first kappa shape index (κ1) is 22.3. The van der Waals surface area contributed by atoms with Crippen LogP contribution in [0.15, 0.2) is 51.3 Å². The third-order valence-corrected chi connectivity index (χ3v) is 7.92. The first-order valence-corrected chi connectivity index (χ1v) is 12.8. The van der Waals surface area contributed by atoms with Gasteiger partial charge in [0, 0.05) is 41.4 Å². The van der Waals surface area contributed by atoms with Crippen LogP contribution >= 0.6 is 0 Å². The molecule has 1 aliphatic heterocycles. The minimum atomic E-state index is -4.05. The SMILES string of the molecule is COc1ccc(-c2nc(N3CC[C@@H]3C)nc3c2CCC3)cc1S(=O)(=O)N=C1C=CC(C#N)=CC1. The van der Waals surface area contributed by atoms with Gasteiger partial charge in [0.25, 0.3) is 10.0 Å². The minimum Gasteiger partial charge on any atom is -0.495 e. The number of hydrogen-bond donors (Lipinski definition) is 0. The summed E-state index contributed by atoms with van der Waals surface area (Å²) >= 11 is 0. The standard InChI is InChI=1S/C25H25N5O3S/c1-16-12-13-30(16)25-27-21-5-3-4-20(21)24(28-25)18-8-11-22(33-2)23(14-18)34(31,32)29-19-9-6-17(15-26)7-10-19/h6-9,11,14,16H,3-5,10,12-13H2,1-2H3/t16-/m0/s1. The second-order valence-corrected chi connectivity index (χ2v) is 10.3. The summed E-state index contributed by atoms with van der Waals surface area (Å²) in [5.74, 6) is 0.936. The highest BCUT2D eigenvalue weighted by atomic mass is 32.2. The van der Waals surface area contributed by atoms with Gasteiger partial charge in [0.1, 0.15) is 10.6 Å². The summed E-state index contributed by atoms with van der Waals surface area (Å²) in [5, 5.41) is 8.99. The summed E-state index contributed by atoms with van der Waals surface area (Å²) in [7, 11) is -2.61. The van der Waals surface area contributed by atoms with Crippen molar-refractivity contribution in [3.05, 3.63) is 53.3 Å². The number of benzene rings is 1. The van der Waals surface area contributed by atoms with Crippen LogP contribution < -0.4 is 9.64 Å². The lowest BCUT2D eigenvalue weighted by Crippen LogP contribution is -2.46. The molecule has 2 aromatic rings. The highest BCUT2D eigenvalue weighted by Crippen LogP contribution is 2.37. The Balaban J connectivity index is 1.58. The molecule has 0 N–H and O–H groups in total. The number of nitriles is 1. The number of ether oxygens (including phenoxy) is 1. The van der Waals surface area contributed by atoms with Crippen LogP contribution in [0.4, 0.5) is 5.95 Å². The molecule has 1 atom stereocenters. The third-order valence-electron chi connectivity index (χ3n) is 6.57. The predicted molar refractivity (Wildman–Crippen MR) is 130 cm³/mol. The van der Waals surface area contributed by atoms with Crippen molar-refractivity contribution in [1.29, 1.82) is 5.26 Å². The number of nitrogens with zero attached hydrogens (tertiary/aromatic N) is 5. The zero-order chi connectivity index (χ0) is 23.9. The molecule has 1 fully saturated rings. The molecule has 1 aromatic carbocycles. The first-order chi connectivity index (χ1) is 16.4. The Kier molecular flexibility index (Phi) is 5.70. The molecule has 0 bridgehead atoms. The minimum absolute atomic E-state index is 0.00677. The number of rotatable bonds is 5. The molecule has 0 radical (unpaired) electrons. The average molecular weight is 476 g/mol. The van der Waals surface area contributed by atoms with Gasteiger partial charge in [0.15, 0.2) is 0 Å². The number of fused-ring (bicyclic) bond motifs is 1. The molecule has 2 heterocycles. The van der Waals surface area contributed by atoms with Crippen molar-refractivity contribution < 1.29 is 13.2 Å². The number of aryl methyl sites for hydroxylation is 1. The monoisotopic (exact) mass is 475 g/mol. The Morgan fingerprint density at radius 1 is 1.24 bits per heavy atom. The quantitative estimate of drug-likeness (QED) is 0.647. The fraction of sp³-hybridized carbons (Fsp3) is 0.360. The van der Waals surface area contributed by atoms with Gasteiger partial charge in [-0.1, -0.05) is 6.08 Å². The first-order valence-electron chi connectivity index (χ1n) is 11.4. The van der Waals surface area contributed by atoms with E-state index in [4.69, 9.17) is 20.0 Å². The van der Waals surface area contributed by atoms with Crippen molar-refractivity contribution in [3.8, 4) is 23.1 Å². The lowest BCUT2D eigenvalue weighted by atomic mass is 10.0. The molecular formula is C25H25N5O3S. The van der Waals surface area contributed by atoms with Gasteiger partial charge in [0.05, 0.1) is 24.6 Å². The van der Waals surface area contributed by atoms with Crippen LogP contribution in [0.3, 0.4) is 0 Å². The smallest absolute Gasteiger partial charge is 0.286 e. The number of anilines is 1. The molecule has 0 amide bonds. The molecule has 1 aromatic heterocycles. The van der Waals surface area contributed by atoms with Crippen LogP contribution in [-0.4, -0.2) is 43.8 Å². The Hall–Kier alpha value is -3.51. The number of aromatic nitrogens is 2. The molecule has 8 nitrogen and oxygen atoms in total. The van der Waals surface area contributed by atoms with E-state index in [9.17, 15) is 8.42 Å². The maximum atomic E-state index is 13.3. The summed E-state index contributed by atoms with van der Waals surface area (Å²) in [6.07, 6.45) is 8.95. The fourth-order valence-corrected chi connectivity index (χ4v) is 5.74. The maximum Gasteiger partial charge on any atom is 0.286 e. The van der Waals surface area contributed by atoms with E-state index in [2.05, 4.69) is 16.2 Å². The highest BCUT2D eigenvalue weighted by Gasteiger charge is 2.30. The van der Waals surface area contributed by atoms with Gasteiger partial charge < -0.3 is 9.64 Å². The maximum absolute atomic E-state index is 13.3. The Labute approximate surface area is 199 Å². The van der Waals surface area contributed by atoms with E-state index >= 15 is 0 Å². The topological polar surface area (TPSA) is 109 Å². The van der Waals surface area contributed by atoms with Gasteiger partial charge in [-0.25, -0.2) is 9.97 Å². The van der Waals surface area contributed by atoms with E-state index in [0.717, 1.165) is 49.2 Å². The van der Waals surface area contributed by atoms with Crippen molar-refractivity contribution in [2.75, 3.05) is 18.6 Å². The van der Waals surface area contributed by atoms with Gasteiger partial charge in [-0.2, -0.15) is 18.1 Å². The fourth-order valence-electron chi connectivity index (χ4n) is 4.52.